The van der Waals surface area contributed by atoms with Crippen LogP contribution in [0, 0.1) is 11.3 Å². The number of ether oxygens (including phenoxy) is 1. The molecule has 0 heterocycles. The van der Waals surface area contributed by atoms with Crippen LogP contribution in [0.2, 0.25) is 0 Å². The second-order valence-electron chi connectivity index (χ2n) is 7.28. The average molecular weight is 304 g/mol. The smallest absolute Gasteiger partial charge is 0.313 e. The number of hydrogen-bond acceptors (Lipinski definition) is 3. The van der Waals surface area contributed by atoms with Gasteiger partial charge >= 0.3 is 5.97 Å². The maximum atomic E-state index is 11.8. The number of ketones is 1. The summed E-state index contributed by atoms with van der Waals surface area (Å²) in [6.07, 6.45) is 3.18. The standard InChI is InChI=1S/C19H28O3/c1-14(13-19(2,3)4)6-7-15-8-10-16(11-9-15)17(20)12-18(21)22-5/h8-11,14H,6-7,12-13H2,1-5H3. The van der Waals surface area contributed by atoms with Crippen LogP contribution < -0.4 is 0 Å². The number of methoxy groups -OCH3 is 1. The molecule has 0 N–H and O–H groups in total. The second kappa shape index (κ2) is 8.11. The molecule has 0 aliphatic rings. The van der Waals surface area contributed by atoms with Gasteiger partial charge in [-0.05, 0) is 36.2 Å². The summed E-state index contributed by atoms with van der Waals surface area (Å²) in [4.78, 5) is 23.0. The van der Waals surface area contributed by atoms with E-state index in [2.05, 4.69) is 32.4 Å². The van der Waals surface area contributed by atoms with Gasteiger partial charge in [-0.3, -0.25) is 9.59 Å². The number of Topliss-reactive ketones (excluding diaryl/α,β-unsaturated/α-hetero) is 1. The summed E-state index contributed by atoms with van der Waals surface area (Å²) < 4.78 is 4.51. The van der Waals surface area contributed by atoms with Gasteiger partial charge in [-0.25, -0.2) is 0 Å². The summed E-state index contributed by atoms with van der Waals surface area (Å²) in [5, 5.41) is 0. The minimum absolute atomic E-state index is 0.195. The van der Waals surface area contributed by atoms with E-state index in [1.807, 2.05) is 12.1 Å². The highest BCUT2D eigenvalue weighted by Crippen LogP contribution is 2.26. The van der Waals surface area contributed by atoms with Gasteiger partial charge in [0.15, 0.2) is 5.78 Å². The van der Waals surface area contributed by atoms with Crippen LogP contribution >= 0.6 is 0 Å². The highest BCUT2D eigenvalue weighted by molar-refractivity contribution is 6.05. The van der Waals surface area contributed by atoms with Crippen molar-refractivity contribution in [3.05, 3.63) is 35.4 Å². The molecule has 0 aliphatic heterocycles. The van der Waals surface area contributed by atoms with Gasteiger partial charge in [0, 0.05) is 5.56 Å². The van der Waals surface area contributed by atoms with Crippen molar-refractivity contribution in [2.45, 2.75) is 53.4 Å². The summed E-state index contributed by atoms with van der Waals surface area (Å²) in [6.45, 7) is 9.10. The highest BCUT2D eigenvalue weighted by Gasteiger charge is 2.15. The lowest BCUT2D eigenvalue weighted by atomic mass is 9.83. The molecule has 0 spiro atoms. The molecule has 22 heavy (non-hydrogen) atoms. The van der Waals surface area contributed by atoms with E-state index in [0.29, 0.717) is 16.9 Å². The van der Waals surface area contributed by atoms with Crippen LogP contribution in [0.5, 0.6) is 0 Å². The van der Waals surface area contributed by atoms with Crippen molar-refractivity contribution in [1.29, 1.82) is 0 Å². The van der Waals surface area contributed by atoms with Crippen LogP contribution in [0.4, 0.5) is 0 Å². The fourth-order valence-corrected chi connectivity index (χ4v) is 2.72. The third-order valence-electron chi connectivity index (χ3n) is 3.70. The Labute approximate surface area is 134 Å². The number of aryl methyl sites for hydroxylation is 1. The summed E-state index contributed by atoms with van der Waals surface area (Å²) in [5.41, 5.74) is 2.16. The lowest BCUT2D eigenvalue weighted by molar-refractivity contribution is -0.139. The Morgan fingerprint density at radius 1 is 1.14 bits per heavy atom. The highest BCUT2D eigenvalue weighted by atomic mass is 16.5. The van der Waals surface area contributed by atoms with E-state index < -0.39 is 5.97 Å². The Bertz CT molecular complexity index is 494. The number of hydrogen-bond donors (Lipinski definition) is 0. The van der Waals surface area contributed by atoms with Crippen molar-refractivity contribution in [3.8, 4) is 0 Å². The first-order valence-electron chi connectivity index (χ1n) is 7.90. The van der Waals surface area contributed by atoms with Gasteiger partial charge in [-0.15, -0.1) is 0 Å². The fourth-order valence-electron chi connectivity index (χ4n) is 2.72. The van der Waals surface area contributed by atoms with Gasteiger partial charge < -0.3 is 4.74 Å². The van der Waals surface area contributed by atoms with E-state index >= 15 is 0 Å². The Morgan fingerprint density at radius 2 is 1.73 bits per heavy atom. The molecule has 1 aromatic carbocycles. The topological polar surface area (TPSA) is 43.4 Å². The number of benzene rings is 1. The van der Waals surface area contributed by atoms with Crippen LogP contribution in [0.3, 0.4) is 0 Å². The van der Waals surface area contributed by atoms with E-state index in [0.717, 1.165) is 12.8 Å². The lowest BCUT2D eigenvalue weighted by Gasteiger charge is -2.23. The molecule has 1 rings (SSSR count). The minimum Gasteiger partial charge on any atom is -0.469 e. The van der Waals surface area contributed by atoms with Gasteiger partial charge in [0.05, 0.1) is 7.11 Å². The predicted octanol–water partition coefficient (Wildman–Crippen LogP) is 4.44. The largest absolute Gasteiger partial charge is 0.469 e. The maximum absolute atomic E-state index is 11.8. The summed E-state index contributed by atoms with van der Waals surface area (Å²) >= 11 is 0. The molecular weight excluding hydrogens is 276 g/mol. The molecule has 3 heteroatoms. The molecule has 0 aliphatic carbocycles. The molecule has 1 unspecified atom stereocenters. The Balaban J connectivity index is 2.51. The van der Waals surface area contributed by atoms with E-state index in [1.54, 1.807) is 12.1 Å². The van der Waals surface area contributed by atoms with E-state index in [-0.39, 0.29) is 12.2 Å². The van der Waals surface area contributed by atoms with Crippen LogP contribution in [-0.2, 0) is 16.0 Å². The Kier molecular flexibility index (Phi) is 6.79. The molecule has 0 saturated carbocycles. The SMILES string of the molecule is COC(=O)CC(=O)c1ccc(CCC(C)CC(C)(C)C)cc1. The zero-order chi connectivity index (χ0) is 16.8. The Morgan fingerprint density at radius 3 is 2.23 bits per heavy atom. The third kappa shape index (κ3) is 6.88. The van der Waals surface area contributed by atoms with E-state index in [9.17, 15) is 9.59 Å². The van der Waals surface area contributed by atoms with Gasteiger partial charge in [0.1, 0.15) is 6.42 Å². The van der Waals surface area contributed by atoms with Gasteiger partial charge in [0.2, 0.25) is 0 Å². The third-order valence-corrected chi connectivity index (χ3v) is 3.70. The Hall–Kier alpha value is -1.64. The van der Waals surface area contributed by atoms with Gasteiger partial charge in [-0.2, -0.15) is 0 Å². The fraction of sp³-hybridized carbons (Fsp3) is 0.579. The number of rotatable bonds is 7. The molecule has 122 valence electrons. The molecule has 0 fully saturated rings. The van der Waals surface area contributed by atoms with Crippen molar-refractivity contribution in [3.63, 3.8) is 0 Å². The molecule has 1 atom stereocenters. The molecular formula is C19H28O3. The van der Waals surface area contributed by atoms with E-state index in [4.69, 9.17) is 0 Å². The average Bonchev–Trinajstić information content (AvgIpc) is 2.43. The molecule has 3 nitrogen and oxygen atoms in total. The lowest BCUT2D eigenvalue weighted by Crippen LogP contribution is -2.11. The second-order valence-corrected chi connectivity index (χ2v) is 7.28. The van der Waals surface area contributed by atoms with Crippen LogP contribution in [0.15, 0.2) is 24.3 Å². The molecule has 0 radical (unpaired) electrons. The van der Waals surface area contributed by atoms with Crippen LogP contribution in [-0.4, -0.2) is 18.9 Å². The summed E-state index contributed by atoms with van der Waals surface area (Å²) in [5.74, 6) is -0.00906. The minimum atomic E-state index is -0.495. The zero-order valence-corrected chi connectivity index (χ0v) is 14.4. The number of carbonyl (C=O) groups is 2. The van der Waals surface area contributed by atoms with Crippen molar-refractivity contribution < 1.29 is 14.3 Å². The van der Waals surface area contributed by atoms with Crippen molar-refractivity contribution in [2.75, 3.05) is 7.11 Å². The molecule has 0 saturated heterocycles. The van der Waals surface area contributed by atoms with Gasteiger partial charge in [0.25, 0.3) is 0 Å². The van der Waals surface area contributed by atoms with Crippen molar-refractivity contribution >= 4 is 11.8 Å². The van der Waals surface area contributed by atoms with Crippen molar-refractivity contribution in [2.24, 2.45) is 11.3 Å². The first-order valence-corrected chi connectivity index (χ1v) is 7.90. The zero-order valence-electron chi connectivity index (χ0n) is 14.4. The normalized spacial score (nSPS) is 12.8. The first kappa shape index (κ1) is 18.4. The maximum Gasteiger partial charge on any atom is 0.313 e. The number of esters is 1. The number of carbonyl (C=O) groups excluding carboxylic acids is 2. The molecule has 0 aromatic heterocycles. The van der Waals surface area contributed by atoms with Crippen LogP contribution in [0.25, 0.3) is 0 Å². The van der Waals surface area contributed by atoms with E-state index in [1.165, 1.54) is 19.1 Å². The quantitative estimate of drug-likeness (QED) is 0.425. The van der Waals surface area contributed by atoms with Gasteiger partial charge in [-0.1, -0.05) is 52.0 Å². The monoisotopic (exact) mass is 304 g/mol. The molecule has 0 bridgehead atoms. The molecule has 0 amide bonds. The first-order chi connectivity index (χ1) is 10.2. The summed E-state index contributed by atoms with van der Waals surface area (Å²) in [7, 11) is 1.29. The summed E-state index contributed by atoms with van der Waals surface area (Å²) in [6, 6.07) is 7.56. The molecule has 1 aromatic rings. The van der Waals surface area contributed by atoms with Crippen molar-refractivity contribution in [1.82, 2.24) is 0 Å². The van der Waals surface area contributed by atoms with Crippen LogP contribution in [0.1, 0.15) is 62.9 Å². The predicted molar refractivity (Wildman–Crippen MR) is 89.0 cm³/mol.